The Kier molecular flexibility index (Phi) is 83.3. The predicted molar refractivity (Wildman–Crippen MR) is 367 cm³/mol. The van der Waals surface area contributed by atoms with E-state index in [0.29, 0.717) is 59.5 Å². The second kappa shape index (κ2) is 71.4. The van der Waals surface area contributed by atoms with Crippen LogP contribution < -0.4 is 64.1 Å². The van der Waals surface area contributed by atoms with Crippen LogP contribution in [0.2, 0.25) is 0 Å². The maximum Gasteiger partial charge on any atom is 0.411 e. The number of urea groups is 1. The highest BCUT2D eigenvalue weighted by Gasteiger charge is 2.15. The van der Waals surface area contributed by atoms with Crippen molar-refractivity contribution in [3.63, 3.8) is 0 Å². The number of ether oxygens (including phenoxy) is 8. The summed E-state index contributed by atoms with van der Waals surface area (Å²) >= 11 is 46.7. The molecule has 0 saturated carbocycles. The minimum atomic E-state index is -0.516. The summed E-state index contributed by atoms with van der Waals surface area (Å²) in [6.45, 7) is 25.3. The number of hydroxylamine groups is 1. The summed E-state index contributed by atoms with van der Waals surface area (Å²) in [4.78, 5) is 41.7. The number of carbonyl (C=O) groups excluding carboxylic acids is 3. The van der Waals surface area contributed by atoms with Crippen molar-refractivity contribution in [3.05, 3.63) is 0 Å². The van der Waals surface area contributed by atoms with Gasteiger partial charge in [-0.2, -0.15) is 0 Å². The average Bonchev–Trinajstić information content (AvgIpc) is 3.89. The first-order valence-electron chi connectivity index (χ1n) is 23.9. The lowest BCUT2D eigenvalue weighted by molar-refractivity contribution is -0.173. The van der Waals surface area contributed by atoms with Gasteiger partial charge in [-0.3, -0.25) is 20.4 Å². The van der Waals surface area contributed by atoms with Gasteiger partial charge in [-0.05, 0) is 82.7 Å². The Morgan fingerprint density at radius 3 is 1.11 bits per heavy atom. The van der Waals surface area contributed by atoms with Crippen LogP contribution >= 0.6 is 122 Å². The third kappa shape index (κ3) is 113. The molecular formula is C46H95N13O12S10. The van der Waals surface area contributed by atoms with E-state index in [1.807, 2.05) is 67.7 Å². The minimum Gasteiger partial charge on any atom is -0.453 e. The Balaban J connectivity index is -0.000000123. The Hall–Kier alpha value is -2.89. The number of alkyl carbamates (subject to hydrolysis) is 1. The van der Waals surface area contributed by atoms with Crippen LogP contribution in [0.3, 0.4) is 0 Å². The summed E-state index contributed by atoms with van der Waals surface area (Å²) in [5, 5.41) is 28.7. The van der Waals surface area contributed by atoms with Crippen LogP contribution in [0.4, 0.5) is 9.59 Å². The molecular weight excluding hydrogens is 1250 g/mol. The van der Waals surface area contributed by atoms with Crippen LogP contribution in [0.1, 0.15) is 82.6 Å². The van der Waals surface area contributed by atoms with Crippen molar-refractivity contribution in [1.82, 2.24) is 69.1 Å². The molecule has 2 saturated heterocycles. The van der Waals surface area contributed by atoms with E-state index in [-0.39, 0.29) is 30.8 Å². The van der Waals surface area contributed by atoms with E-state index in [4.69, 9.17) is 89.5 Å². The van der Waals surface area contributed by atoms with Crippen molar-refractivity contribution in [2.75, 3.05) is 123 Å². The van der Waals surface area contributed by atoms with E-state index < -0.39 is 6.09 Å². The zero-order valence-corrected chi connectivity index (χ0v) is 58.9. The largest absolute Gasteiger partial charge is 0.453 e. The second-order valence-corrected chi connectivity index (χ2v) is 21.1. The molecule has 0 aromatic rings. The summed E-state index contributed by atoms with van der Waals surface area (Å²) in [5.41, 5.74) is 5.31. The SMILES string of the molecule is CC(=O)NC(C)=S.CC(=S)NCC1OCCCO1.CC(=S)NCC1OCCO1.CC(=S)NN(C)C.CNC(=O)NC(C)=S.CNCNC(C)=S.COC(=O)NC(C)=S.COC(CNC(C)=S)OC.COCNC(C)=S.CONC(C)=S. The molecule has 2 rings (SSSR count). The number of rotatable bonds is 14. The fraction of sp³-hybridized carbons (Fsp3) is 0.717. The van der Waals surface area contributed by atoms with Crippen molar-refractivity contribution in [2.45, 2.75) is 101 Å². The zero-order valence-electron chi connectivity index (χ0n) is 50.7. The lowest BCUT2D eigenvalue weighted by Gasteiger charge is -2.23. The van der Waals surface area contributed by atoms with Gasteiger partial charge in [0, 0.05) is 49.4 Å². The molecule has 25 nitrogen and oxygen atoms in total. The first-order chi connectivity index (χ1) is 37.7. The lowest BCUT2D eigenvalue weighted by atomic mass is 10.4. The molecule has 0 aromatic heterocycles. The molecule has 2 fully saturated rings. The van der Waals surface area contributed by atoms with Gasteiger partial charge in [0.2, 0.25) is 5.91 Å². The Labute approximate surface area is 537 Å². The summed E-state index contributed by atoms with van der Waals surface area (Å²) in [7, 11) is 14.8. The third-order valence-corrected chi connectivity index (χ3v) is 7.81. The number of methoxy groups -OCH3 is 4. The van der Waals surface area contributed by atoms with Gasteiger partial charge in [0.05, 0.1) is 117 Å². The number of amides is 4. The van der Waals surface area contributed by atoms with E-state index in [0.717, 1.165) is 56.2 Å². The van der Waals surface area contributed by atoms with Gasteiger partial charge in [0.25, 0.3) is 0 Å². The first-order valence-corrected chi connectivity index (χ1v) is 28.0. The van der Waals surface area contributed by atoms with Crippen LogP contribution in [0.15, 0.2) is 0 Å². The van der Waals surface area contributed by atoms with Crippen molar-refractivity contribution in [3.8, 4) is 0 Å². The van der Waals surface area contributed by atoms with E-state index in [1.54, 1.807) is 49.0 Å². The molecule has 0 bridgehead atoms. The molecule has 476 valence electrons. The molecule has 12 N–H and O–H groups in total. The average molecular weight is 1340 g/mol. The summed E-state index contributed by atoms with van der Waals surface area (Å²) < 4.78 is 39.6. The molecule has 0 atom stereocenters. The number of hydrazine groups is 1. The van der Waals surface area contributed by atoms with Crippen LogP contribution in [0.25, 0.3) is 0 Å². The van der Waals surface area contributed by atoms with Crippen LogP contribution in [0.5, 0.6) is 0 Å². The van der Waals surface area contributed by atoms with Gasteiger partial charge in [0.1, 0.15) is 6.73 Å². The van der Waals surface area contributed by atoms with Crippen LogP contribution in [-0.2, 0) is 47.5 Å². The first kappa shape index (κ1) is 94.5. The fourth-order valence-electron chi connectivity index (χ4n) is 3.63. The summed E-state index contributed by atoms with van der Waals surface area (Å²) in [6, 6.07) is -0.266. The minimum absolute atomic E-state index is 0.0992. The zero-order chi connectivity index (χ0) is 64.7. The van der Waals surface area contributed by atoms with Crippen molar-refractivity contribution < 1.29 is 57.1 Å². The summed E-state index contributed by atoms with van der Waals surface area (Å²) in [5.74, 6) is -0.104. The van der Waals surface area contributed by atoms with E-state index in [2.05, 4.69) is 139 Å². The number of nitrogens with zero attached hydrogens (tertiary/aromatic N) is 1. The molecule has 4 amide bonds. The molecule has 0 radical (unpaired) electrons. The second-order valence-electron chi connectivity index (χ2n) is 14.9. The topological polar surface area (TPSA) is 282 Å². The van der Waals surface area contributed by atoms with E-state index in [9.17, 15) is 14.4 Å². The van der Waals surface area contributed by atoms with E-state index in [1.165, 1.54) is 28.2 Å². The Morgan fingerprint density at radius 1 is 0.519 bits per heavy atom. The van der Waals surface area contributed by atoms with Gasteiger partial charge in [0.15, 0.2) is 18.9 Å². The maximum absolute atomic E-state index is 10.3. The smallest absolute Gasteiger partial charge is 0.411 e. The highest BCUT2D eigenvalue weighted by molar-refractivity contribution is 7.82. The molecule has 0 aliphatic carbocycles. The molecule has 35 heteroatoms. The number of carbonyl (C=O) groups is 3. The molecule has 2 heterocycles. The lowest BCUT2D eigenvalue weighted by Crippen LogP contribution is -2.36. The van der Waals surface area contributed by atoms with Crippen LogP contribution in [0, 0.1) is 0 Å². The number of nitrogens with one attached hydrogen (secondary N) is 12. The molecule has 0 aromatic carbocycles. The Bertz CT molecular complexity index is 1670. The van der Waals surface area contributed by atoms with Crippen molar-refractivity contribution in [1.29, 1.82) is 0 Å². The van der Waals surface area contributed by atoms with Gasteiger partial charge < -0.3 is 91.2 Å². The number of hydrogen-bond acceptors (Lipinski definition) is 24. The molecule has 0 unspecified atom stereocenters. The highest BCUT2D eigenvalue weighted by Crippen LogP contribution is 2.03. The van der Waals surface area contributed by atoms with Gasteiger partial charge in [-0.1, -0.05) is 122 Å². The molecule has 2 aliphatic rings. The van der Waals surface area contributed by atoms with Crippen molar-refractivity contribution in [2.24, 2.45) is 0 Å². The summed E-state index contributed by atoms with van der Waals surface area (Å²) in [6.07, 6.45) is 0.0579. The quantitative estimate of drug-likeness (QED) is 0.0650. The molecule has 2 aliphatic heterocycles. The highest BCUT2D eigenvalue weighted by atomic mass is 32.1. The maximum atomic E-state index is 10.3. The third-order valence-electron chi connectivity index (χ3n) is 6.60. The van der Waals surface area contributed by atoms with Gasteiger partial charge >= 0.3 is 12.1 Å². The number of hydrogen-bond donors (Lipinski definition) is 12. The predicted octanol–water partition coefficient (Wildman–Crippen LogP) is 4.46. The standard InChI is InChI=1S/C7H13NO2S.C6H11NO2S.C6H13NO2S.C4H8N2OS.2C4H10N2S.C4H7NO2S.C4H9NOS.C4H7NOS.C3H7NOS/c1-6(11)8-5-7-9-3-2-4-10-7;1-5(10)7-4-6-8-2-3-9-6;1-5(10)7-4-6(8-2)9-3;1-3(8)6-4(7)5-2;1-4(7)5-6(2)3;1-4(7)6-3-5-2;1-3(8)5-4(6)7-2;1-4(7)5-3-6-2;1-3(6)5-4(2)7;1-3(6)4-5-2/h7H,2-5H2,1H3,(H,8,11);6H,2-4H2,1H3,(H,7,10);6H,4H2,1-3H3,(H,7,10);1-2H3,(H2,5,6,7,8);1-3H3,(H,5,7);5H,3H2,1-2H3,(H,6,7);1-2H3,(H,5,6,8);3H2,1-2H3,(H,5,7);1-2H3,(H,5,6,7);1-2H3,(H,4,6). The van der Waals surface area contributed by atoms with Crippen LogP contribution in [-0.4, -0.2) is 215 Å². The fourth-order valence-corrected chi connectivity index (χ4v) is 4.60. The monoisotopic (exact) mass is 1340 g/mol. The molecule has 81 heavy (non-hydrogen) atoms. The normalized spacial score (nSPS) is 11.3. The van der Waals surface area contributed by atoms with Crippen molar-refractivity contribution >= 4 is 190 Å². The number of thiocarbonyl (C=S) groups is 10. The van der Waals surface area contributed by atoms with Gasteiger partial charge in [-0.25, -0.2) is 14.6 Å². The molecule has 0 spiro atoms. The van der Waals surface area contributed by atoms with Gasteiger partial charge in [-0.15, -0.1) is 0 Å². The Morgan fingerprint density at radius 2 is 0.926 bits per heavy atom. The van der Waals surface area contributed by atoms with E-state index >= 15 is 0 Å².